The first-order valence-electron chi connectivity index (χ1n) is 7.90. The first-order chi connectivity index (χ1) is 12.0. The lowest BCUT2D eigenvalue weighted by molar-refractivity contribution is -0.115. The SMILES string of the molecule is Cc1cccc(C)c1Nc1nc(O)c(CC(=O)Nc2ccccc2)s1. The number of para-hydroxylation sites is 2. The molecule has 128 valence electrons. The fraction of sp³-hybridized carbons (Fsp3) is 0.158. The topological polar surface area (TPSA) is 74.2 Å². The van der Waals surface area contributed by atoms with E-state index in [-0.39, 0.29) is 18.2 Å². The molecule has 0 atom stereocenters. The van der Waals surface area contributed by atoms with Crippen molar-refractivity contribution in [2.24, 2.45) is 0 Å². The van der Waals surface area contributed by atoms with Crippen LogP contribution in [0.25, 0.3) is 0 Å². The highest BCUT2D eigenvalue weighted by Crippen LogP contribution is 2.32. The van der Waals surface area contributed by atoms with E-state index in [4.69, 9.17) is 0 Å². The Morgan fingerprint density at radius 2 is 1.76 bits per heavy atom. The van der Waals surface area contributed by atoms with Crippen molar-refractivity contribution in [1.82, 2.24) is 4.98 Å². The minimum atomic E-state index is -0.191. The van der Waals surface area contributed by atoms with Crippen LogP contribution in [0.15, 0.2) is 48.5 Å². The van der Waals surface area contributed by atoms with Gasteiger partial charge in [0.05, 0.1) is 11.3 Å². The Labute approximate surface area is 150 Å². The first kappa shape index (κ1) is 17.0. The van der Waals surface area contributed by atoms with Crippen LogP contribution in [0.5, 0.6) is 5.88 Å². The number of thiazole rings is 1. The van der Waals surface area contributed by atoms with Gasteiger partial charge in [0.1, 0.15) is 0 Å². The van der Waals surface area contributed by atoms with Crippen LogP contribution in [0.3, 0.4) is 0 Å². The van der Waals surface area contributed by atoms with Gasteiger partial charge in [0, 0.05) is 11.4 Å². The summed E-state index contributed by atoms with van der Waals surface area (Å²) in [6.07, 6.45) is 0.0762. The van der Waals surface area contributed by atoms with E-state index in [0.717, 1.165) is 22.5 Å². The lowest BCUT2D eigenvalue weighted by Gasteiger charge is -2.09. The van der Waals surface area contributed by atoms with Gasteiger partial charge in [-0.2, -0.15) is 4.98 Å². The zero-order chi connectivity index (χ0) is 17.8. The number of aromatic hydroxyl groups is 1. The third-order valence-corrected chi connectivity index (χ3v) is 4.73. The number of nitrogens with one attached hydrogen (secondary N) is 2. The van der Waals surface area contributed by atoms with Gasteiger partial charge in [-0.25, -0.2) is 0 Å². The average molecular weight is 353 g/mol. The molecule has 1 aromatic heterocycles. The fourth-order valence-electron chi connectivity index (χ4n) is 2.50. The predicted molar refractivity (Wildman–Crippen MR) is 102 cm³/mol. The van der Waals surface area contributed by atoms with Gasteiger partial charge < -0.3 is 15.7 Å². The molecule has 25 heavy (non-hydrogen) atoms. The van der Waals surface area contributed by atoms with Gasteiger partial charge in [-0.15, -0.1) is 0 Å². The maximum atomic E-state index is 12.1. The van der Waals surface area contributed by atoms with E-state index in [0.29, 0.717) is 10.0 Å². The standard InChI is InChI=1S/C19H19N3O2S/c1-12-7-6-8-13(2)17(12)21-19-22-18(24)15(25-19)11-16(23)20-14-9-4-3-5-10-14/h3-10,24H,11H2,1-2H3,(H,20,23)(H,21,22). The number of benzene rings is 2. The van der Waals surface area contributed by atoms with Gasteiger partial charge in [0.15, 0.2) is 5.13 Å². The van der Waals surface area contributed by atoms with Crippen molar-refractivity contribution in [2.75, 3.05) is 10.6 Å². The summed E-state index contributed by atoms with van der Waals surface area (Å²) in [5, 5.41) is 16.7. The number of hydrogen-bond donors (Lipinski definition) is 3. The summed E-state index contributed by atoms with van der Waals surface area (Å²) in [5.41, 5.74) is 3.89. The van der Waals surface area contributed by atoms with E-state index in [1.807, 2.05) is 62.4 Å². The van der Waals surface area contributed by atoms with Crippen molar-refractivity contribution >= 4 is 33.8 Å². The average Bonchev–Trinajstić information content (AvgIpc) is 2.91. The second-order valence-electron chi connectivity index (χ2n) is 5.75. The molecule has 0 bridgehead atoms. The molecular formula is C19H19N3O2S. The Balaban J connectivity index is 1.71. The van der Waals surface area contributed by atoms with E-state index >= 15 is 0 Å². The smallest absolute Gasteiger partial charge is 0.229 e. The normalized spacial score (nSPS) is 10.5. The van der Waals surface area contributed by atoms with Crippen LogP contribution < -0.4 is 10.6 Å². The Hall–Kier alpha value is -2.86. The molecule has 3 rings (SSSR count). The quantitative estimate of drug-likeness (QED) is 0.636. The van der Waals surface area contributed by atoms with Gasteiger partial charge in [0.2, 0.25) is 11.8 Å². The van der Waals surface area contributed by atoms with Crippen LogP contribution >= 0.6 is 11.3 Å². The Morgan fingerprint density at radius 1 is 1.08 bits per heavy atom. The van der Waals surface area contributed by atoms with E-state index in [1.54, 1.807) is 0 Å². The largest absolute Gasteiger partial charge is 0.492 e. The van der Waals surface area contributed by atoms with Crippen LogP contribution in [-0.4, -0.2) is 16.0 Å². The predicted octanol–water partition coefficient (Wildman–Crippen LogP) is 4.39. The van der Waals surface area contributed by atoms with Crippen LogP contribution in [0.2, 0.25) is 0 Å². The van der Waals surface area contributed by atoms with Crippen molar-refractivity contribution < 1.29 is 9.90 Å². The summed E-state index contributed by atoms with van der Waals surface area (Å²) in [4.78, 5) is 16.8. The molecule has 3 aromatic rings. The molecule has 1 heterocycles. The molecule has 0 aliphatic carbocycles. The second-order valence-corrected chi connectivity index (χ2v) is 6.83. The van der Waals surface area contributed by atoms with Crippen LogP contribution in [-0.2, 0) is 11.2 Å². The number of nitrogens with zero attached hydrogens (tertiary/aromatic N) is 1. The van der Waals surface area contributed by atoms with Gasteiger partial charge in [0.25, 0.3) is 0 Å². The molecule has 5 nitrogen and oxygen atoms in total. The Morgan fingerprint density at radius 3 is 2.44 bits per heavy atom. The number of carbonyl (C=O) groups excluding carboxylic acids is 1. The van der Waals surface area contributed by atoms with E-state index < -0.39 is 0 Å². The number of carbonyl (C=O) groups is 1. The molecule has 3 N–H and O–H groups in total. The summed E-state index contributed by atoms with van der Waals surface area (Å²) < 4.78 is 0. The highest BCUT2D eigenvalue weighted by Gasteiger charge is 2.15. The Bertz CT molecular complexity index is 871. The summed E-state index contributed by atoms with van der Waals surface area (Å²) in [6.45, 7) is 4.02. The monoisotopic (exact) mass is 353 g/mol. The molecule has 0 saturated carbocycles. The minimum absolute atomic E-state index is 0.0762. The molecule has 0 saturated heterocycles. The molecule has 0 aliphatic heterocycles. The molecule has 2 aromatic carbocycles. The van der Waals surface area contributed by atoms with Crippen molar-refractivity contribution in [3.63, 3.8) is 0 Å². The van der Waals surface area contributed by atoms with Gasteiger partial charge in [-0.1, -0.05) is 47.7 Å². The Kier molecular flexibility index (Phi) is 5.00. The van der Waals surface area contributed by atoms with Crippen LogP contribution in [0.1, 0.15) is 16.0 Å². The van der Waals surface area contributed by atoms with Crippen LogP contribution in [0.4, 0.5) is 16.5 Å². The zero-order valence-electron chi connectivity index (χ0n) is 14.0. The molecule has 6 heteroatoms. The molecular weight excluding hydrogens is 334 g/mol. The molecule has 1 amide bonds. The lowest BCUT2D eigenvalue weighted by Crippen LogP contribution is -2.13. The van der Waals surface area contributed by atoms with E-state index in [9.17, 15) is 9.90 Å². The zero-order valence-corrected chi connectivity index (χ0v) is 14.9. The summed E-state index contributed by atoms with van der Waals surface area (Å²) in [5.74, 6) is -0.300. The molecule has 0 unspecified atom stereocenters. The molecule has 0 radical (unpaired) electrons. The lowest BCUT2D eigenvalue weighted by atomic mass is 10.1. The van der Waals surface area contributed by atoms with Crippen molar-refractivity contribution in [2.45, 2.75) is 20.3 Å². The third kappa shape index (κ3) is 4.16. The number of amides is 1. The highest BCUT2D eigenvalue weighted by molar-refractivity contribution is 7.16. The summed E-state index contributed by atoms with van der Waals surface area (Å²) in [6, 6.07) is 15.2. The highest BCUT2D eigenvalue weighted by atomic mass is 32.1. The van der Waals surface area contributed by atoms with Gasteiger partial charge in [-0.3, -0.25) is 4.79 Å². The number of hydrogen-bond acceptors (Lipinski definition) is 5. The first-order valence-corrected chi connectivity index (χ1v) is 8.71. The van der Waals surface area contributed by atoms with Crippen molar-refractivity contribution in [1.29, 1.82) is 0 Å². The third-order valence-electron chi connectivity index (χ3n) is 3.77. The number of aromatic nitrogens is 1. The summed E-state index contributed by atoms with van der Waals surface area (Å²) in [7, 11) is 0. The minimum Gasteiger partial charge on any atom is -0.492 e. The van der Waals surface area contributed by atoms with Gasteiger partial charge >= 0.3 is 0 Å². The van der Waals surface area contributed by atoms with Gasteiger partial charge in [-0.05, 0) is 37.1 Å². The summed E-state index contributed by atoms with van der Waals surface area (Å²) >= 11 is 1.28. The van der Waals surface area contributed by atoms with Crippen LogP contribution in [0, 0.1) is 13.8 Å². The number of anilines is 3. The maximum Gasteiger partial charge on any atom is 0.229 e. The maximum absolute atomic E-state index is 12.1. The van der Waals surface area contributed by atoms with E-state index in [2.05, 4.69) is 15.6 Å². The molecule has 0 aliphatic rings. The van der Waals surface area contributed by atoms with E-state index in [1.165, 1.54) is 11.3 Å². The molecule has 0 spiro atoms. The fourth-order valence-corrected chi connectivity index (χ4v) is 3.36. The number of rotatable bonds is 5. The molecule has 0 fully saturated rings. The van der Waals surface area contributed by atoms with Crippen molar-refractivity contribution in [3.8, 4) is 5.88 Å². The number of aryl methyl sites for hydroxylation is 2. The second kappa shape index (κ2) is 7.36. The van der Waals surface area contributed by atoms with Crippen molar-refractivity contribution in [3.05, 3.63) is 64.5 Å².